The van der Waals surface area contributed by atoms with E-state index in [0.29, 0.717) is 17.6 Å². The van der Waals surface area contributed by atoms with E-state index in [1.807, 2.05) is 25.0 Å². The molecule has 1 atom stereocenters. The molecular weight excluding hydrogens is 276 g/mol. The zero-order chi connectivity index (χ0) is 14.5. The predicted molar refractivity (Wildman–Crippen MR) is 82.1 cm³/mol. The van der Waals surface area contributed by atoms with Crippen LogP contribution >= 0.6 is 11.8 Å². The number of hydrogen-bond donors (Lipinski definition) is 3. The van der Waals surface area contributed by atoms with Crippen molar-refractivity contribution in [2.24, 2.45) is 0 Å². The van der Waals surface area contributed by atoms with E-state index >= 15 is 0 Å². The maximum absolute atomic E-state index is 11.6. The third-order valence-electron chi connectivity index (χ3n) is 3.32. The normalized spacial score (nSPS) is 13.2. The highest BCUT2D eigenvalue weighted by molar-refractivity contribution is 7.99. The van der Waals surface area contributed by atoms with E-state index in [0.717, 1.165) is 17.1 Å². The van der Waals surface area contributed by atoms with Gasteiger partial charge in [0, 0.05) is 30.1 Å². The minimum atomic E-state index is -0.163. The van der Waals surface area contributed by atoms with Crippen molar-refractivity contribution >= 4 is 22.8 Å². The first-order chi connectivity index (χ1) is 9.67. The summed E-state index contributed by atoms with van der Waals surface area (Å²) in [5.41, 5.74) is 2.00. The third kappa shape index (κ3) is 3.23. The number of hydrogen-bond acceptors (Lipinski definition) is 5. The van der Waals surface area contributed by atoms with Crippen LogP contribution in [0.25, 0.3) is 11.0 Å². The van der Waals surface area contributed by atoms with Crippen molar-refractivity contribution < 1.29 is 5.11 Å². The van der Waals surface area contributed by atoms with Gasteiger partial charge in [0.25, 0.3) is 5.56 Å². The zero-order valence-corrected chi connectivity index (χ0v) is 12.5. The van der Waals surface area contributed by atoms with Crippen LogP contribution in [0.1, 0.15) is 12.5 Å². The van der Waals surface area contributed by atoms with E-state index in [2.05, 4.69) is 26.8 Å². The van der Waals surface area contributed by atoms with Gasteiger partial charge in [0.15, 0.2) is 0 Å². The van der Waals surface area contributed by atoms with Crippen molar-refractivity contribution in [2.45, 2.75) is 19.5 Å². The van der Waals surface area contributed by atoms with Gasteiger partial charge in [-0.1, -0.05) is 6.92 Å². The summed E-state index contributed by atoms with van der Waals surface area (Å²) in [6, 6.07) is 0.104. The zero-order valence-electron chi connectivity index (χ0n) is 11.7. The number of nitrogens with zero attached hydrogens (tertiary/aromatic N) is 2. The molecule has 2 heterocycles. The van der Waals surface area contributed by atoms with Gasteiger partial charge in [-0.05, 0) is 12.8 Å². The Labute approximate surface area is 121 Å². The van der Waals surface area contributed by atoms with Gasteiger partial charge >= 0.3 is 0 Å². The van der Waals surface area contributed by atoms with Crippen LogP contribution in [0.3, 0.4) is 0 Å². The Morgan fingerprint density at radius 1 is 1.50 bits per heavy atom. The van der Waals surface area contributed by atoms with Gasteiger partial charge in [0.2, 0.25) is 0 Å². The molecule has 0 saturated heterocycles. The van der Waals surface area contributed by atoms with Gasteiger partial charge in [-0.25, -0.2) is 4.98 Å². The molecule has 0 aliphatic carbocycles. The summed E-state index contributed by atoms with van der Waals surface area (Å²) < 4.78 is 0. The van der Waals surface area contributed by atoms with E-state index in [4.69, 9.17) is 0 Å². The fraction of sp³-hybridized carbons (Fsp3) is 0.538. The first-order valence-electron chi connectivity index (χ1n) is 6.59. The van der Waals surface area contributed by atoms with E-state index in [9.17, 15) is 9.90 Å². The molecule has 110 valence electrons. The van der Waals surface area contributed by atoms with Crippen molar-refractivity contribution in [2.75, 3.05) is 25.2 Å². The lowest BCUT2D eigenvalue weighted by Gasteiger charge is -2.25. The summed E-state index contributed by atoms with van der Waals surface area (Å²) in [5, 5.41) is 9.48. The Kier molecular flexibility index (Phi) is 5.22. The van der Waals surface area contributed by atoms with Crippen LogP contribution in [0, 0.1) is 0 Å². The van der Waals surface area contributed by atoms with Crippen molar-refractivity contribution in [3.05, 3.63) is 28.4 Å². The topological polar surface area (TPSA) is 85.0 Å². The summed E-state index contributed by atoms with van der Waals surface area (Å²) in [6.45, 7) is 2.88. The summed E-state index contributed by atoms with van der Waals surface area (Å²) in [7, 11) is 1.98. The predicted octanol–water partition coefficient (Wildman–Crippen LogP) is 0.797. The number of aliphatic hydroxyl groups excluding tert-OH is 1. The maximum Gasteiger partial charge on any atom is 0.275 e. The van der Waals surface area contributed by atoms with Crippen LogP contribution in [0.5, 0.6) is 0 Å². The number of H-pyrrole nitrogens is 2. The number of rotatable bonds is 7. The van der Waals surface area contributed by atoms with E-state index in [-0.39, 0.29) is 18.2 Å². The standard InChI is InChI=1S/C13H20N4O2S/c1-3-20-7-10(6-18)17(2)5-9-4-14-12-11(9)15-8-16-13(12)19/h4,8,10,14,18H,3,5-7H2,1-2H3,(H,15,16,19). The number of likely N-dealkylation sites (N-methyl/N-ethyl adjacent to an activating group) is 1. The molecular formula is C13H20N4O2S. The molecule has 0 amide bonds. The van der Waals surface area contributed by atoms with Crippen LogP contribution in [0.4, 0.5) is 0 Å². The molecule has 7 heteroatoms. The van der Waals surface area contributed by atoms with Gasteiger partial charge in [-0.15, -0.1) is 0 Å². The first-order valence-corrected chi connectivity index (χ1v) is 7.75. The second kappa shape index (κ2) is 6.92. The van der Waals surface area contributed by atoms with Crippen LogP contribution < -0.4 is 5.56 Å². The lowest BCUT2D eigenvalue weighted by atomic mass is 10.2. The molecule has 1 unspecified atom stereocenters. The molecule has 20 heavy (non-hydrogen) atoms. The van der Waals surface area contributed by atoms with Gasteiger partial charge in [-0.3, -0.25) is 9.69 Å². The van der Waals surface area contributed by atoms with Gasteiger partial charge in [-0.2, -0.15) is 11.8 Å². The first kappa shape index (κ1) is 15.1. The molecule has 0 aliphatic rings. The Morgan fingerprint density at radius 3 is 3.00 bits per heavy atom. The smallest absolute Gasteiger partial charge is 0.275 e. The third-order valence-corrected chi connectivity index (χ3v) is 4.34. The minimum absolute atomic E-state index is 0.104. The minimum Gasteiger partial charge on any atom is -0.395 e. The van der Waals surface area contributed by atoms with Crippen molar-refractivity contribution in [1.82, 2.24) is 19.9 Å². The number of aromatic amines is 2. The average Bonchev–Trinajstić information content (AvgIpc) is 2.84. The highest BCUT2D eigenvalue weighted by Gasteiger charge is 2.16. The van der Waals surface area contributed by atoms with Crippen LogP contribution in [0.15, 0.2) is 17.3 Å². The Morgan fingerprint density at radius 2 is 2.30 bits per heavy atom. The molecule has 3 N–H and O–H groups in total. The second-order valence-corrected chi connectivity index (χ2v) is 6.00. The molecule has 2 aromatic rings. The average molecular weight is 296 g/mol. The van der Waals surface area contributed by atoms with E-state index < -0.39 is 0 Å². The summed E-state index contributed by atoms with van der Waals surface area (Å²) in [4.78, 5) is 23.4. The van der Waals surface area contributed by atoms with Crippen molar-refractivity contribution in [3.8, 4) is 0 Å². The summed E-state index contributed by atoms with van der Waals surface area (Å²) in [5.74, 6) is 1.92. The van der Waals surface area contributed by atoms with Crippen LogP contribution in [-0.4, -0.2) is 56.2 Å². The summed E-state index contributed by atoms with van der Waals surface area (Å²) in [6.07, 6.45) is 3.23. The molecule has 0 spiro atoms. The molecule has 6 nitrogen and oxygen atoms in total. The molecule has 0 bridgehead atoms. The Bertz CT molecular complexity index is 610. The Balaban J connectivity index is 2.15. The number of nitrogens with one attached hydrogen (secondary N) is 2. The fourth-order valence-corrected chi connectivity index (χ4v) is 2.96. The van der Waals surface area contributed by atoms with Crippen molar-refractivity contribution in [1.29, 1.82) is 0 Å². The molecule has 0 fully saturated rings. The highest BCUT2D eigenvalue weighted by atomic mass is 32.2. The van der Waals surface area contributed by atoms with Crippen molar-refractivity contribution in [3.63, 3.8) is 0 Å². The second-order valence-electron chi connectivity index (χ2n) is 4.68. The number of fused-ring (bicyclic) bond motifs is 1. The van der Waals surface area contributed by atoms with E-state index in [1.165, 1.54) is 6.33 Å². The lowest BCUT2D eigenvalue weighted by Crippen LogP contribution is -2.36. The molecule has 0 radical (unpaired) electrons. The van der Waals surface area contributed by atoms with Gasteiger partial charge in [0.05, 0.1) is 18.5 Å². The lowest BCUT2D eigenvalue weighted by molar-refractivity contribution is 0.157. The quantitative estimate of drug-likeness (QED) is 0.703. The monoisotopic (exact) mass is 296 g/mol. The van der Waals surface area contributed by atoms with E-state index in [1.54, 1.807) is 0 Å². The largest absolute Gasteiger partial charge is 0.395 e. The number of aliphatic hydroxyl groups is 1. The number of aromatic nitrogens is 3. The maximum atomic E-state index is 11.6. The summed E-state index contributed by atoms with van der Waals surface area (Å²) >= 11 is 1.81. The molecule has 2 aromatic heterocycles. The fourth-order valence-electron chi connectivity index (χ4n) is 2.10. The molecule has 0 aromatic carbocycles. The van der Waals surface area contributed by atoms with Crippen LogP contribution in [0.2, 0.25) is 0 Å². The highest BCUT2D eigenvalue weighted by Crippen LogP contribution is 2.16. The van der Waals surface area contributed by atoms with Crippen LogP contribution in [-0.2, 0) is 6.54 Å². The molecule has 0 aliphatic heterocycles. The Hall–Kier alpha value is -1.31. The molecule has 0 saturated carbocycles. The number of thioether (sulfide) groups is 1. The SMILES string of the molecule is CCSCC(CO)N(C)Cc1c[nH]c2c(=O)[nH]cnc12. The molecule has 2 rings (SSSR count). The van der Waals surface area contributed by atoms with Gasteiger partial charge < -0.3 is 15.1 Å². The van der Waals surface area contributed by atoms with Gasteiger partial charge in [0.1, 0.15) is 5.52 Å².